The first-order chi connectivity index (χ1) is 7.27. The number of nitrogens with zero attached hydrogens (tertiary/aromatic N) is 1. The first-order valence-electron chi connectivity index (χ1n) is 5.05. The first kappa shape index (κ1) is 12.2. The predicted octanol–water partition coefficient (Wildman–Crippen LogP) is 0.549. The Hall–Kier alpha value is -0.910. The Balaban J connectivity index is 2.19. The van der Waals surface area contributed by atoms with Crippen molar-refractivity contribution >= 4 is 0 Å². The van der Waals surface area contributed by atoms with Gasteiger partial charge in [0.05, 0.1) is 6.04 Å². The van der Waals surface area contributed by atoms with Crippen molar-refractivity contribution in [2.24, 2.45) is 0 Å². The van der Waals surface area contributed by atoms with Crippen LogP contribution in [0, 0.1) is 0 Å². The van der Waals surface area contributed by atoms with Gasteiger partial charge in [-0.25, -0.2) is 4.98 Å². The number of hydrogen-bond donors (Lipinski definition) is 2. The molecule has 5 heteroatoms. The average Bonchev–Trinajstić information content (AvgIpc) is 2.72. The maximum Gasteiger partial charge on any atom is 0.171 e. The monoisotopic (exact) mass is 213 g/mol. The van der Waals surface area contributed by atoms with Gasteiger partial charge in [-0.3, -0.25) is 0 Å². The fraction of sp³-hybridized carbons (Fsp3) is 0.700. The van der Waals surface area contributed by atoms with Crippen LogP contribution in [-0.4, -0.2) is 43.1 Å². The van der Waals surface area contributed by atoms with Crippen LogP contribution in [0.3, 0.4) is 0 Å². The van der Waals surface area contributed by atoms with Crippen molar-refractivity contribution in [3.05, 3.63) is 18.2 Å². The summed E-state index contributed by atoms with van der Waals surface area (Å²) in [6, 6.07) is 0.162. The molecule has 0 aliphatic carbocycles. The van der Waals surface area contributed by atoms with E-state index in [0.29, 0.717) is 0 Å². The molecule has 0 saturated carbocycles. The normalized spacial score (nSPS) is 13.3. The van der Waals surface area contributed by atoms with Gasteiger partial charge in [0.1, 0.15) is 5.82 Å². The molecule has 0 spiro atoms. The SMILES string of the molecule is COC(OC)C(C)NCCc1ncc[nH]1. The molecule has 1 aromatic rings. The van der Waals surface area contributed by atoms with Gasteiger partial charge in [-0.15, -0.1) is 0 Å². The summed E-state index contributed by atoms with van der Waals surface area (Å²) in [5.74, 6) is 0.987. The zero-order chi connectivity index (χ0) is 11.1. The van der Waals surface area contributed by atoms with Crippen LogP contribution in [0.2, 0.25) is 0 Å². The number of aromatic nitrogens is 2. The molecule has 1 heterocycles. The highest BCUT2D eigenvalue weighted by molar-refractivity contribution is 4.87. The van der Waals surface area contributed by atoms with E-state index >= 15 is 0 Å². The third kappa shape index (κ3) is 3.99. The summed E-state index contributed by atoms with van der Waals surface area (Å²) in [7, 11) is 3.28. The zero-order valence-electron chi connectivity index (χ0n) is 9.49. The van der Waals surface area contributed by atoms with Crippen molar-refractivity contribution in [3.63, 3.8) is 0 Å². The van der Waals surface area contributed by atoms with Gasteiger partial charge in [0, 0.05) is 39.6 Å². The Bertz CT molecular complexity index is 247. The van der Waals surface area contributed by atoms with Crippen LogP contribution in [0.1, 0.15) is 12.7 Å². The van der Waals surface area contributed by atoms with Crippen LogP contribution < -0.4 is 5.32 Å². The largest absolute Gasteiger partial charge is 0.354 e. The first-order valence-corrected chi connectivity index (χ1v) is 5.05. The lowest BCUT2D eigenvalue weighted by Gasteiger charge is -2.21. The summed E-state index contributed by atoms with van der Waals surface area (Å²) in [4.78, 5) is 7.19. The number of rotatable bonds is 7. The van der Waals surface area contributed by atoms with Gasteiger partial charge in [0.2, 0.25) is 0 Å². The molecule has 5 nitrogen and oxygen atoms in total. The van der Waals surface area contributed by atoms with Gasteiger partial charge in [0.15, 0.2) is 6.29 Å². The van der Waals surface area contributed by atoms with Crippen molar-refractivity contribution in [2.45, 2.75) is 25.7 Å². The minimum atomic E-state index is -0.207. The predicted molar refractivity (Wildman–Crippen MR) is 57.6 cm³/mol. The Kier molecular flexibility index (Phi) is 5.31. The van der Waals surface area contributed by atoms with E-state index < -0.39 is 0 Å². The van der Waals surface area contributed by atoms with Gasteiger partial charge in [-0.1, -0.05) is 0 Å². The van der Waals surface area contributed by atoms with E-state index in [1.807, 2.05) is 13.1 Å². The molecule has 0 radical (unpaired) electrons. The van der Waals surface area contributed by atoms with Crippen LogP contribution in [0.15, 0.2) is 12.4 Å². The van der Waals surface area contributed by atoms with Crippen LogP contribution in [0.5, 0.6) is 0 Å². The molecular weight excluding hydrogens is 194 g/mol. The second kappa shape index (κ2) is 6.55. The Morgan fingerprint density at radius 3 is 2.73 bits per heavy atom. The van der Waals surface area contributed by atoms with E-state index in [4.69, 9.17) is 9.47 Å². The second-order valence-electron chi connectivity index (χ2n) is 3.37. The molecule has 0 fully saturated rings. The van der Waals surface area contributed by atoms with E-state index in [1.165, 1.54) is 0 Å². The molecule has 0 saturated heterocycles. The molecule has 86 valence electrons. The topological polar surface area (TPSA) is 59.2 Å². The van der Waals surface area contributed by atoms with E-state index in [9.17, 15) is 0 Å². The molecule has 1 rings (SSSR count). The average molecular weight is 213 g/mol. The van der Waals surface area contributed by atoms with Crippen molar-refractivity contribution < 1.29 is 9.47 Å². The van der Waals surface area contributed by atoms with Gasteiger partial charge in [0.25, 0.3) is 0 Å². The van der Waals surface area contributed by atoms with Gasteiger partial charge < -0.3 is 19.8 Å². The minimum absolute atomic E-state index is 0.162. The summed E-state index contributed by atoms with van der Waals surface area (Å²) < 4.78 is 10.3. The lowest BCUT2D eigenvalue weighted by atomic mass is 10.3. The van der Waals surface area contributed by atoms with Gasteiger partial charge in [-0.05, 0) is 6.92 Å². The molecule has 1 unspecified atom stereocenters. The summed E-state index contributed by atoms with van der Waals surface area (Å²) >= 11 is 0. The quantitative estimate of drug-likeness (QED) is 0.649. The fourth-order valence-corrected chi connectivity index (χ4v) is 1.45. The van der Waals surface area contributed by atoms with Crippen molar-refractivity contribution in [2.75, 3.05) is 20.8 Å². The third-order valence-electron chi connectivity index (χ3n) is 2.26. The summed E-state index contributed by atoms with van der Waals surface area (Å²) in [6.07, 6.45) is 4.25. The third-order valence-corrected chi connectivity index (χ3v) is 2.26. The minimum Gasteiger partial charge on any atom is -0.354 e. The maximum absolute atomic E-state index is 5.14. The van der Waals surface area contributed by atoms with Crippen molar-refractivity contribution in [1.29, 1.82) is 0 Å². The molecule has 2 N–H and O–H groups in total. The van der Waals surface area contributed by atoms with Crippen molar-refractivity contribution in [1.82, 2.24) is 15.3 Å². The highest BCUT2D eigenvalue weighted by Crippen LogP contribution is 1.98. The lowest BCUT2D eigenvalue weighted by Crippen LogP contribution is -2.40. The lowest BCUT2D eigenvalue weighted by molar-refractivity contribution is -0.119. The fourth-order valence-electron chi connectivity index (χ4n) is 1.45. The smallest absolute Gasteiger partial charge is 0.171 e. The van der Waals surface area contributed by atoms with Gasteiger partial charge >= 0.3 is 0 Å². The maximum atomic E-state index is 5.14. The molecule has 1 atom stereocenters. The molecule has 0 amide bonds. The van der Waals surface area contributed by atoms with E-state index in [-0.39, 0.29) is 12.3 Å². The van der Waals surface area contributed by atoms with Crippen molar-refractivity contribution in [3.8, 4) is 0 Å². The highest BCUT2D eigenvalue weighted by atomic mass is 16.7. The van der Waals surface area contributed by atoms with E-state index in [0.717, 1.165) is 18.8 Å². The Labute approximate surface area is 90.2 Å². The number of aromatic amines is 1. The second-order valence-corrected chi connectivity index (χ2v) is 3.37. The molecule has 0 aliphatic rings. The van der Waals surface area contributed by atoms with Crippen LogP contribution in [0.4, 0.5) is 0 Å². The molecular formula is C10H19N3O2. The number of methoxy groups -OCH3 is 2. The Morgan fingerprint density at radius 2 is 2.20 bits per heavy atom. The summed E-state index contributed by atoms with van der Waals surface area (Å²) in [5.41, 5.74) is 0. The standard InChI is InChI=1S/C10H19N3O2/c1-8(10(14-2)15-3)11-5-4-9-12-6-7-13-9/h6-8,10-11H,4-5H2,1-3H3,(H,12,13). The van der Waals surface area contributed by atoms with Crippen LogP contribution in [0.25, 0.3) is 0 Å². The molecule has 0 aromatic carbocycles. The highest BCUT2D eigenvalue weighted by Gasteiger charge is 2.14. The number of hydrogen-bond acceptors (Lipinski definition) is 4. The van der Waals surface area contributed by atoms with E-state index in [2.05, 4.69) is 15.3 Å². The van der Waals surface area contributed by atoms with Gasteiger partial charge in [-0.2, -0.15) is 0 Å². The van der Waals surface area contributed by atoms with Crippen LogP contribution in [-0.2, 0) is 15.9 Å². The molecule has 0 aliphatic heterocycles. The van der Waals surface area contributed by atoms with Crippen LogP contribution >= 0.6 is 0 Å². The molecule has 1 aromatic heterocycles. The van der Waals surface area contributed by atoms with E-state index in [1.54, 1.807) is 20.4 Å². The Morgan fingerprint density at radius 1 is 1.47 bits per heavy atom. The number of nitrogens with one attached hydrogen (secondary N) is 2. The number of imidazole rings is 1. The molecule has 0 bridgehead atoms. The number of ether oxygens (including phenoxy) is 2. The summed E-state index contributed by atoms with van der Waals surface area (Å²) in [6.45, 7) is 2.87. The number of H-pyrrole nitrogens is 1. The molecule has 15 heavy (non-hydrogen) atoms. The zero-order valence-corrected chi connectivity index (χ0v) is 9.49. The summed E-state index contributed by atoms with van der Waals surface area (Å²) in [5, 5.41) is 3.31.